The molecule has 0 bridgehead atoms. The molecule has 1 rings (SSSR count). The van der Waals surface area contributed by atoms with Gasteiger partial charge in [0, 0.05) is 4.88 Å². The van der Waals surface area contributed by atoms with Crippen molar-refractivity contribution in [1.82, 2.24) is 0 Å². The molecule has 0 fully saturated rings. The molecule has 0 aliphatic rings. The van der Waals surface area contributed by atoms with Gasteiger partial charge in [-0.3, -0.25) is 4.84 Å². The lowest BCUT2D eigenvalue weighted by Gasteiger charge is -1.92. The minimum atomic E-state index is 0.423. The summed E-state index contributed by atoms with van der Waals surface area (Å²) in [5.74, 6) is 4.91. The molecule has 0 aliphatic carbocycles. The lowest BCUT2D eigenvalue weighted by atomic mass is 10.5. The molecule has 3 nitrogen and oxygen atoms in total. The molecule has 0 spiro atoms. The van der Waals surface area contributed by atoms with E-state index < -0.39 is 0 Å². The summed E-state index contributed by atoms with van der Waals surface area (Å²) in [7, 11) is 1.63. The first-order valence-corrected chi connectivity index (χ1v) is 4.52. The number of hydrogen-bond donors (Lipinski definition) is 1. The smallest absolute Gasteiger partial charge is 0.188 e. The van der Waals surface area contributed by atoms with E-state index in [-0.39, 0.29) is 0 Å². The average molecular weight is 238 g/mol. The summed E-state index contributed by atoms with van der Waals surface area (Å²) in [6, 6.07) is 1.93. The van der Waals surface area contributed by atoms with Crippen molar-refractivity contribution >= 4 is 27.3 Å². The van der Waals surface area contributed by atoms with Gasteiger partial charge in [0.05, 0.1) is 11.6 Å². The van der Waals surface area contributed by atoms with Crippen molar-refractivity contribution in [3.8, 4) is 5.06 Å². The molecule has 1 aromatic rings. The maximum Gasteiger partial charge on any atom is 0.188 e. The van der Waals surface area contributed by atoms with Crippen LogP contribution >= 0.6 is 27.3 Å². The Morgan fingerprint density at radius 3 is 2.91 bits per heavy atom. The van der Waals surface area contributed by atoms with Crippen LogP contribution in [0.3, 0.4) is 0 Å². The summed E-state index contributed by atoms with van der Waals surface area (Å²) < 4.78 is 5.99. The number of nitrogens with two attached hydrogens (primary N) is 1. The van der Waals surface area contributed by atoms with E-state index in [1.807, 2.05) is 6.07 Å². The van der Waals surface area contributed by atoms with Crippen molar-refractivity contribution in [3.63, 3.8) is 0 Å². The maximum atomic E-state index is 5.05. The van der Waals surface area contributed by atoms with Gasteiger partial charge in [-0.05, 0) is 22.0 Å². The predicted molar refractivity (Wildman–Crippen MR) is 47.5 cm³/mol. The standard InChI is InChI=1S/C6H8BrNO2S/c1-9-6-5(7)2-4(11-6)3-10-8/h2H,3,8H2,1H3. The fourth-order valence-electron chi connectivity index (χ4n) is 0.690. The first kappa shape index (κ1) is 8.99. The van der Waals surface area contributed by atoms with Crippen LogP contribution in [0.25, 0.3) is 0 Å². The Balaban J connectivity index is 2.77. The Morgan fingerprint density at radius 1 is 1.73 bits per heavy atom. The van der Waals surface area contributed by atoms with Crippen LogP contribution in [0.2, 0.25) is 0 Å². The molecule has 62 valence electrons. The fourth-order valence-corrected chi connectivity index (χ4v) is 2.30. The number of halogens is 1. The van der Waals surface area contributed by atoms with Crippen molar-refractivity contribution in [1.29, 1.82) is 0 Å². The van der Waals surface area contributed by atoms with Crippen molar-refractivity contribution in [2.75, 3.05) is 7.11 Å². The van der Waals surface area contributed by atoms with Gasteiger partial charge in [0.25, 0.3) is 0 Å². The highest BCUT2D eigenvalue weighted by atomic mass is 79.9. The first-order chi connectivity index (χ1) is 5.27. The summed E-state index contributed by atoms with van der Waals surface area (Å²) in [5.41, 5.74) is 0. The zero-order chi connectivity index (χ0) is 8.27. The Kier molecular flexibility index (Phi) is 3.32. The molecule has 5 heteroatoms. The monoisotopic (exact) mass is 237 g/mol. The summed E-state index contributed by atoms with van der Waals surface area (Å²) >= 11 is 4.85. The number of methoxy groups -OCH3 is 1. The molecule has 0 atom stereocenters. The molecular formula is C6H8BrNO2S. The van der Waals surface area contributed by atoms with Gasteiger partial charge in [0.15, 0.2) is 5.06 Å². The van der Waals surface area contributed by atoms with Crippen LogP contribution in [0.1, 0.15) is 4.88 Å². The Morgan fingerprint density at radius 2 is 2.45 bits per heavy atom. The van der Waals surface area contributed by atoms with Gasteiger partial charge >= 0.3 is 0 Å². The lowest BCUT2D eigenvalue weighted by Crippen LogP contribution is -1.96. The Bertz CT molecular complexity index is 238. The molecular weight excluding hydrogens is 230 g/mol. The fraction of sp³-hybridized carbons (Fsp3) is 0.333. The van der Waals surface area contributed by atoms with E-state index in [2.05, 4.69) is 20.8 Å². The molecule has 0 aromatic carbocycles. The largest absolute Gasteiger partial charge is 0.486 e. The second-order valence-corrected chi connectivity index (χ2v) is 3.82. The van der Waals surface area contributed by atoms with Gasteiger partial charge in [-0.1, -0.05) is 0 Å². The van der Waals surface area contributed by atoms with Gasteiger partial charge < -0.3 is 4.74 Å². The zero-order valence-corrected chi connectivity index (χ0v) is 8.37. The Labute approximate surface area is 77.2 Å². The second-order valence-electron chi connectivity index (χ2n) is 1.86. The van der Waals surface area contributed by atoms with Crippen molar-refractivity contribution in [2.45, 2.75) is 6.61 Å². The van der Waals surface area contributed by atoms with Crippen LogP contribution in [-0.4, -0.2) is 7.11 Å². The molecule has 0 saturated heterocycles. The van der Waals surface area contributed by atoms with Gasteiger partial charge in [-0.15, -0.1) is 11.3 Å². The first-order valence-electron chi connectivity index (χ1n) is 2.91. The van der Waals surface area contributed by atoms with E-state index in [1.165, 1.54) is 11.3 Å². The molecule has 0 radical (unpaired) electrons. The summed E-state index contributed by atoms with van der Waals surface area (Å²) in [5, 5.41) is 0.844. The molecule has 11 heavy (non-hydrogen) atoms. The average Bonchev–Trinajstić information content (AvgIpc) is 2.32. The third-order valence-corrected chi connectivity index (χ3v) is 3.04. The minimum absolute atomic E-state index is 0.423. The van der Waals surface area contributed by atoms with Crippen LogP contribution in [0.5, 0.6) is 5.06 Å². The SMILES string of the molecule is COc1sc(CON)cc1Br. The summed E-state index contributed by atoms with van der Waals surface area (Å²) in [4.78, 5) is 5.51. The minimum Gasteiger partial charge on any atom is -0.486 e. The number of ether oxygens (including phenoxy) is 1. The van der Waals surface area contributed by atoms with Gasteiger partial charge in [0.1, 0.15) is 6.61 Å². The van der Waals surface area contributed by atoms with Crippen LogP contribution in [0.15, 0.2) is 10.5 Å². The number of rotatable bonds is 3. The topological polar surface area (TPSA) is 44.5 Å². The van der Waals surface area contributed by atoms with Gasteiger partial charge in [-0.2, -0.15) is 0 Å². The normalized spacial score (nSPS) is 10.1. The molecule has 1 heterocycles. The van der Waals surface area contributed by atoms with Crippen molar-refractivity contribution < 1.29 is 9.57 Å². The van der Waals surface area contributed by atoms with Crippen LogP contribution in [0, 0.1) is 0 Å². The Hall–Kier alpha value is -0.100. The number of thiophene rings is 1. The highest BCUT2D eigenvalue weighted by Gasteiger charge is 2.05. The van der Waals surface area contributed by atoms with E-state index in [9.17, 15) is 0 Å². The molecule has 0 unspecified atom stereocenters. The van der Waals surface area contributed by atoms with E-state index in [4.69, 9.17) is 10.6 Å². The van der Waals surface area contributed by atoms with Crippen LogP contribution in [-0.2, 0) is 11.4 Å². The van der Waals surface area contributed by atoms with Crippen molar-refractivity contribution in [2.24, 2.45) is 5.90 Å². The number of hydrogen-bond acceptors (Lipinski definition) is 4. The third-order valence-electron chi connectivity index (χ3n) is 1.12. The van der Waals surface area contributed by atoms with Crippen molar-refractivity contribution in [3.05, 3.63) is 15.4 Å². The van der Waals surface area contributed by atoms with Crippen LogP contribution < -0.4 is 10.6 Å². The van der Waals surface area contributed by atoms with E-state index in [0.717, 1.165) is 14.4 Å². The van der Waals surface area contributed by atoms with Gasteiger partial charge in [0.2, 0.25) is 0 Å². The van der Waals surface area contributed by atoms with E-state index in [0.29, 0.717) is 6.61 Å². The quantitative estimate of drug-likeness (QED) is 0.818. The maximum absolute atomic E-state index is 5.05. The highest BCUT2D eigenvalue weighted by molar-refractivity contribution is 9.10. The third kappa shape index (κ3) is 2.16. The van der Waals surface area contributed by atoms with E-state index >= 15 is 0 Å². The van der Waals surface area contributed by atoms with Crippen LogP contribution in [0.4, 0.5) is 0 Å². The second kappa shape index (κ2) is 4.06. The van der Waals surface area contributed by atoms with Gasteiger partial charge in [-0.25, -0.2) is 5.90 Å². The molecule has 2 N–H and O–H groups in total. The zero-order valence-electron chi connectivity index (χ0n) is 5.96. The summed E-state index contributed by atoms with van der Waals surface area (Å²) in [6.45, 7) is 0.423. The van der Waals surface area contributed by atoms with E-state index in [1.54, 1.807) is 7.11 Å². The molecule has 1 aromatic heterocycles. The predicted octanol–water partition coefficient (Wildman–Crippen LogP) is 1.91. The molecule has 0 aliphatic heterocycles. The lowest BCUT2D eigenvalue weighted by molar-refractivity contribution is 0.126. The molecule has 0 amide bonds. The summed E-state index contributed by atoms with van der Waals surface area (Å²) in [6.07, 6.45) is 0. The molecule has 0 saturated carbocycles. The highest BCUT2D eigenvalue weighted by Crippen LogP contribution is 2.34.